The lowest BCUT2D eigenvalue weighted by atomic mass is 9.97. The molecule has 12 heavy (non-hydrogen) atoms. The summed E-state index contributed by atoms with van der Waals surface area (Å²) in [6, 6.07) is 0.794. The molecule has 2 aliphatic heterocycles. The topological polar surface area (TPSA) is 32.7 Å². The molecule has 2 fully saturated rings. The molecule has 2 atom stereocenters. The van der Waals surface area contributed by atoms with Crippen molar-refractivity contribution in [1.29, 1.82) is 0 Å². The molecule has 0 radical (unpaired) electrons. The summed E-state index contributed by atoms with van der Waals surface area (Å²) in [5, 5.41) is 8.69. The third kappa shape index (κ3) is 1.49. The molecule has 0 aromatic carbocycles. The van der Waals surface area contributed by atoms with E-state index in [1.165, 1.54) is 19.4 Å². The Hall–Kier alpha value is -0.120. The summed E-state index contributed by atoms with van der Waals surface area (Å²) in [7, 11) is 0. The maximum absolute atomic E-state index is 8.69. The van der Waals surface area contributed by atoms with E-state index in [0.717, 1.165) is 25.5 Å². The maximum Gasteiger partial charge on any atom is 0.110 e. The van der Waals surface area contributed by atoms with Crippen LogP contribution in [0.4, 0.5) is 0 Å². The molecular weight excluding hydrogens is 154 g/mol. The lowest BCUT2D eigenvalue weighted by Crippen LogP contribution is -2.57. The zero-order valence-corrected chi connectivity index (χ0v) is 7.41. The van der Waals surface area contributed by atoms with Crippen LogP contribution in [0.2, 0.25) is 0 Å². The van der Waals surface area contributed by atoms with Crippen LogP contribution in [0.1, 0.15) is 25.7 Å². The van der Waals surface area contributed by atoms with Crippen molar-refractivity contribution < 1.29 is 9.84 Å². The summed E-state index contributed by atoms with van der Waals surface area (Å²) in [4.78, 5) is 2.43. The smallest absolute Gasteiger partial charge is 0.110 e. The first kappa shape index (κ1) is 8.48. The number of hydrogen-bond acceptors (Lipinski definition) is 3. The van der Waals surface area contributed by atoms with Crippen molar-refractivity contribution in [3.8, 4) is 0 Å². The van der Waals surface area contributed by atoms with E-state index in [0.29, 0.717) is 12.8 Å². The van der Waals surface area contributed by atoms with Crippen LogP contribution in [0.3, 0.4) is 0 Å². The fourth-order valence-corrected chi connectivity index (χ4v) is 2.10. The summed E-state index contributed by atoms with van der Waals surface area (Å²) in [5.41, 5.74) is 0. The van der Waals surface area contributed by atoms with E-state index < -0.39 is 0 Å². The van der Waals surface area contributed by atoms with Crippen molar-refractivity contribution in [2.75, 3.05) is 19.8 Å². The highest BCUT2D eigenvalue weighted by Gasteiger charge is 2.36. The first-order chi connectivity index (χ1) is 5.92. The van der Waals surface area contributed by atoms with Gasteiger partial charge in [0.1, 0.15) is 6.23 Å². The van der Waals surface area contributed by atoms with Gasteiger partial charge in [0.25, 0.3) is 0 Å². The second-order valence-electron chi connectivity index (χ2n) is 3.66. The van der Waals surface area contributed by atoms with E-state index in [2.05, 4.69) is 4.90 Å². The Balaban J connectivity index is 1.79. The van der Waals surface area contributed by atoms with Crippen molar-refractivity contribution in [2.45, 2.75) is 38.0 Å². The molecule has 2 unspecified atom stereocenters. The molecule has 0 amide bonds. The molecule has 0 aromatic rings. The van der Waals surface area contributed by atoms with Crippen LogP contribution in [0.15, 0.2) is 0 Å². The molecule has 0 bridgehead atoms. The number of nitrogens with zero attached hydrogens (tertiary/aromatic N) is 1. The van der Waals surface area contributed by atoms with Crippen LogP contribution in [0.5, 0.6) is 0 Å². The normalized spacial score (nSPS) is 35.8. The van der Waals surface area contributed by atoms with Gasteiger partial charge in [-0.05, 0) is 25.7 Å². The summed E-state index contributed by atoms with van der Waals surface area (Å²) in [6.45, 7) is 2.40. The molecule has 70 valence electrons. The van der Waals surface area contributed by atoms with Gasteiger partial charge in [-0.1, -0.05) is 0 Å². The third-order valence-electron chi connectivity index (χ3n) is 2.93. The summed E-state index contributed by atoms with van der Waals surface area (Å²) < 4.78 is 5.63. The summed E-state index contributed by atoms with van der Waals surface area (Å²) >= 11 is 0. The zero-order chi connectivity index (χ0) is 8.39. The number of aliphatic hydroxyl groups is 1. The van der Waals surface area contributed by atoms with Crippen LogP contribution in [-0.2, 0) is 4.74 Å². The predicted molar refractivity (Wildman–Crippen MR) is 45.8 cm³/mol. The van der Waals surface area contributed by atoms with E-state index in [9.17, 15) is 0 Å². The Morgan fingerprint density at radius 2 is 2.33 bits per heavy atom. The SMILES string of the molecule is OCCCC1OCCC2CCN21. The highest BCUT2D eigenvalue weighted by atomic mass is 16.5. The first-order valence-corrected chi connectivity index (χ1v) is 4.90. The van der Waals surface area contributed by atoms with Crippen molar-refractivity contribution in [1.82, 2.24) is 4.90 Å². The van der Waals surface area contributed by atoms with Gasteiger partial charge in [0.05, 0.1) is 6.61 Å². The molecule has 3 heteroatoms. The minimum atomic E-state index is 0.290. The van der Waals surface area contributed by atoms with Gasteiger partial charge in [0.15, 0.2) is 0 Å². The van der Waals surface area contributed by atoms with Crippen molar-refractivity contribution in [3.05, 3.63) is 0 Å². The summed E-state index contributed by atoms with van der Waals surface area (Å²) in [5.74, 6) is 0. The van der Waals surface area contributed by atoms with Crippen LogP contribution < -0.4 is 0 Å². The fourth-order valence-electron chi connectivity index (χ4n) is 2.10. The number of rotatable bonds is 3. The Labute approximate surface area is 73.3 Å². The number of ether oxygens (including phenoxy) is 1. The van der Waals surface area contributed by atoms with Crippen LogP contribution in [0, 0.1) is 0 Å². The molecule has 0 saturated carbocycles. The molecule has 0 spiro atoms. The average Bonchev–Trinajstić information content (AvgIpc) is 2.04. The minimum absolute atomic E-state index is 0.290. The van der Waals surface area contributed by atoms with Gasteiger partial charge in [-0.3, -0.25) is 4.90 Å². The molecule has 0 aromatic heterocycles. The third-order valence-corrected chi connectivity index (χ3v) is 2.93. The zero-order valence-electron chi connectivity index (χ0n) is 7.41. The van der Waals surface area contributed by atoms with E-state index >= 15 is 0 Å². The quantitative estimate of drug-likeness (QED) is 0.674. The molecular formula is C9H17NO2. The van der Waals surface area contributed by atoms with Gasteiger partial charge < -0.3 is 9.84 Å². The Morgan fingerprint density at radius 1 is 1.42 bits per heavy atom. The van der Waals surface area contributed by atoms with Crippen LogP contribution in [0.25, 0.3) is 0 Å². The monoisotopic (exact) mass is 171 g/mol. The second kappa shape index (κ2) is 3.73. The van der Waals surface area contributed by atoms with Crippen molar-refractivity contribution in [3.63, 3.8) is 0 Å². The van der Waals surface area contributed by atoms with Gasteiger partial charge in [-0.2, -0.15) is 0 Å². The van der Waals surface area contributed by atoms with Crippen molar-refractivity contribution in [2.24, 2.45) is 0 Å². The summed E-state index contributed by atoms with van der Waals surface area (Å²) in [6.07, 6.45) is 4.72. The van der Waals surface area contributed by atoms with E-state index in [-0.39, 0.29) is 0 Å². The number of fused-ring (bicyclic) bond motifs is 1. The number of aliphatic hydroxyl groups excluding tert-OH is 1. The molecule has 1 N–H and O–H groups in total. The van der Waals surface area contributed by atoms with Crippen molar-refractivity contribution >= 4 is 0 Å². The lowest BCUT2D eigenvalue weighted by molar-refractivity contribution is -0.164. The minimum Gasteiger partial charge on any atom is -0.396 e. The average molecular weight is 171 g/mol. The van der Waals surface area contributed by atoms with Gasteiger partial charge in [0.2, 0.25) is 0 Å². The van der Waals surface area contributed by atoms with E-state index in [1.54, 1.807) is 0 Å². The molecule has 3 nitrogen and oxygen atoms in total. The largest absolute Gasteiger partial charge is 0.396 e. The van der Waals surface area contributed by atoms with E-state index in [4.69, 9.17) is 9.84 Å². The van der Waals surface area contributed by atoms with Gasteiger partial charge in [0, 0.05) is 19.2 Å². The highest BCUT2D eigenvalue weighted by Crippen LogP contribution is 2.29. The predicted octanol–water partition coefficient (Wildman–Crippen LogP) is 0.580. The molecule has 2 heterocycles. The van der Waals surface area contributed by atoms with Crippen LogP contribution in [-0.4, -0.2) is 42.0 Å². The number of hydrogen-bond donors (Lipinski definition) is 1. The molecule has 2 aliphatic rings. The standard InChI is InChI=1S/C9H17NO2/c11-6-1-2-9-10-5-3-8(10)4-7-12-9/h8-9,11H,1-7H2. The highest BCUT2D eigenvalue weighted by molar-refractivity contribution is 4.87. The van der Waals surface area contributed by atoms with Gasteiger partial charge >= 0.3 is 0 Å². The first-order valence-electron chi connectivity index (χ1n) is 4.90. The Morgan fingerprint density at radius 3 is 3.00 bits per heavy atom. The second-order valence-corrected chi connectivity index (χ2v) is 3.66. The van der Waals surface area contributed by atoms with Gasteiger partial charge in [-0.15, -0.1) is 0 Å². The lowest BCUT2D eigenvalue weighted by Gasteiger charge is -2.49. The fraction of sp³-hybridized carbons (Fsp3) is 1.00. The maximum atomic E-state index is 8.69. The van der Waals surface area contributed by atoms with Crippen LogP contribution >= 0.6 is 0 Å². The Kier molecular flexibility index (Phi) is 2.63. The van der Waals surface area contributed by atoms with Gasteiger partial charge in [-0.25, -0.2) is 0 Å². The van der Waals surface area contributed by atoms with E-state index in [1.807, 2.05) is 0 Å². The Bertz CT molecular complexity index is 151. The molecule has 2 rings (SSSR count). The molecule has 2 saturated heterocycles. The molecule has 0 aliphatic carbocycles.